The van der Waals surface area contributed by atoms with E-state index in [2.05, 4.69) is 50.6 Å². The minimum absolute atomic E-state index is 0.000989. The number of aliphatic hydroxyl groups excluding tert-OH is 2. The van der Waals surface area contributed by atoms with Gasteiger partial charge in [0.2, 0.25) is 0 Å². The summed E-state index contributed by atoms with van der Waals surface area (Å²) in [5.74, 6) is -2.21. The first-order valence-corrected chi connectivity index (χ1v) is 32.5. The van der Waals surface area contributed by atoms with Crippen molar-refractivity contribution in [1.82, 2.24) is 49.4 Å². The topological polar surface area (TPSA) is 239 Å². The molecule has 2 heterocycles. The number of ether oxygens (including phenoxy) is 6. The SMILES string of the molecule is CC(C)(C)CN(CCN(CC(=O)OC(C)(C)C)CC(O)CN1CCN(CC(=O)OC(C)(C)C)CCN(CC(=O)OC(C)(C)C)CCN(CC(=O)OC(C)(C)C)CC1)CC(O)CN1CCN(CC(=O)OC(C)(C)C)CCNCCN(CC(=O)OC(C)(C)C)CC1. The zero-order valence-corrected chi connectivity index (χ0v) is 59.5. The Morgan fingerprint density at radius 2 is 0.573 bits per heavy atom. The van der Waals surface area contributed by atoms with E-state index in [1.165, 1.54) is 0 Å². The van der Waals surface area contributed by atoms with Crippen molar-refractivity contribution in [2.24, 2.45) is 5.41 Å². The Hall–Kier alpha value is -3.66. The van der Waals surface area contributed by atoms with E-state index in [9.17, 15) is 39.0 Å². The molecule has 0 bridgehead atoms. The van der Waals surface area contributed by atoms with Crippen molar-refractivity contribution >= 4 is 35.8 Å². The molecular weight excluding hydrogens is 1140 g/mol. The molecule has 0 aromatic carbocycles. The third kappa shape index (κ3) is 43.7. The summed E-state index contributed by atoms with van der Waals surface area (Å²) in [5.41, 5.74) is -4.30. The average Bonchev–Trinajstić information content (AvgIpc) is 3.37. The second-order valence-corrected chi connectivity index (χ2v) is 31.6. The molecule has 520 valence electrons. The Bertz CT molecular complexity index is 2030. The van der Waals surface area contributed by atoms with Crippen molar-refractivity contribution in [2.75, 3.05) is 190 Å². The van der Waals surface area contributed by atoms with E-state index in [-0.39, 0.29) is 87.6 Å². The van der Waals surface area contributed by atoms with Crippen LogP contribution in [0.5, 0.6) is 0 Å². The Kier molecular flexibility index (Phi) is 34.1. The van der Waals surface area contributed by atoms with Crippen molar-refractivity contribution in [1.29, 1.82) is 0 Å². The maximum absolute atomic E-state index is 13.7. The third-order valence-electron chi connectivity index (χ3n) is 13.5. The van der Waals surface area contributed by atoms with Crippen LogP contribution in [0.25, 0.3) is 0 Å². The van der Waals surface area contributed by atoms with E-state index in [4.69, 9.17) is 28.4 Å². The van der Waals surface area contributed by atoms with Crippen molar-refractivity contribution < 1.29 is 67.4 Å². The zero-order valence-electron chi connectivity index (χ0n) is 59.5. The molecule has 0 aliphatic carbocycles. The summed E-state index contributed by atoms with van der Waals surface area (Å²) in [7, 11) is 0. The Morgan fingerprint density at radius 3 is 0.831 bits per heavy atom. The second kappa shape index (κ2) is 37.3. The van der Waals surface area contributed by atoms with E-state index >= 15 is 0 Å². The van der Waals surface area contributed by atoms with Crippen LogP contribution in [-0.2, 0) is 57.2 Å². The molecule has 0 spiro atoms. The fraction of sp³-hybridized carbons (Fsp3) is 0.908. The van der Waals surface area contributed by atoms with E-state index in [1.54, 1.807) is 0 Å². The molecule has 2 fully saturated rings. The van der Waals surface area contributed by atoms with Gasteiger partial charge in [0.25, 0.3) is 0 Å². The van der Waals surface area contributed by atoms with Crippen molar-refractivity contribution in [3.05, 3.63) is 0 Å². The van der Waals surface area contributed by atoms with Gasteiger partial charge in [-0.25, -0.2) is 0 Å². The molecule has 2 aliphatic heterocycles. The van der Waals surface area contributed by atoms with Gasteiger partial charge in [0.05, 0.1) is 51.5 Å². The highest BCUT2D eigenvalue weighted by atomic mass is 16.6. The second-order valence-electron chi connectivity index (χ2n) is 31.6. The van der Waals surface area contributed by atoms with Gasteiger partial charge in [0, 0.05) is 151 Å². The van der Waals surface area contributed by atoms with Gasteiger partial charge in [-0.2, -0.15) is 0 Å². The highest BCUT2D eigenvalue weighted by molar-refractivity contribution is 5.74. The molecule has 2 rings (SSSR count). The lowest BCUT2D eigenvalue weighted by Crippen LogP contribution is -2.51. The fourth-order valence-corrected chi connectivity index (χ4v) is 10.3. The molecule has 2 unspecified atom stereocenters. The van der Waals surface area contributed by atoms with Gasteiger partial charge in [-0.15, -0.1) is 0 Å². The predicted molar refractivity (Wildman–Crippen MR) is 347 cm³/mol. The first-order valence-electron chi connectivity index (χ1n) is 32.5. The van der Waals surface area contributed by atoms with Crippen LogP contribution in [0, 0.1) is 5.41 Å². The van der Waals surface area contributed by atoms with Gasteiger partial charge >= 0.3 is 35.8 Å². The van der Waals surface area contributed by atoms with Crippen LogP contribution in [-0.4, -0.2) is 326 Å². The Morgan fingerprint density at radius 1 is 0.348 bits per heavy atom. The first kappa shape index (κ1) is 81.4. The van der Waals surface area contributed by atoms with E-state index in [1.807, 2.05) is 144 Å². The van der Waals surface area contributed by atoms with Gasteiger partial charge in [-0.3, -0.25) is 72.9 Å². The van der Waals surface area contributed by atoms with Crippen molar-refractivity contribution in [3.63, 3.8) is 0 Å². The molecule has 2 saturated heterocycles. The number of hydrogen-bond acceptors (Lipinski definition) is 24. The van der Waals surface area contributed by atoms with E-state index in [0.29, 0.717) is 137 Å². The first-order chi connectivity index (χ1) is 40.6. The lowest BCUT2D eigenvalue weighted by Gasteiger charge is -2.36. The molecular formula is C65H126N10O14. The summed E-state index contributed by atoms with van der Waals surface area (Å²) in [6.07, 6.45) is -1.79. The number of nitrogens with zero attached hydrogens (tertiary/aromatic N) is 9. The summed E-state index contributed by atoms with van der Waals surface area (Å²) >= 11 is 0. The average molecular weight is 1270 g/mol. The summed E-state index contributed by atoms with van der Waals surface area (Å²) in [6.45, 7) is 49.8. The summed E-state index contributed by atoms with van der Waals surface area (Å²) < 4.78 is 34.5. The summed E-state index contributed by atoms with van der Waals surface area (Å²) in [4.78, 5) is 98.6. The van der Waals surface area contributed by atoms with Gasteiger partial charge in [0.15, 0.2) is 0 Å². The molecule has 2 aliphatic rings. The van der Waals surface area contributed by atoms with Crippen LogP contribution >= 0.6 is 0 Å². The predicted octanol–water partition coefficient (Wildman–Crippen LogP) is 3.14. The maximum atomic E-state index is 13.7. The van der Waals surface area contributed by atoms with Crippen LogP contribution in [0.1, 0.15) is 145 Å². The van der Waals surface area contributed by atoms with E-state index in [0.717, 1.165) is 0 Å². The van der Waals surface area contributed by atoms with Crippen LogP contribution in [0.3, 0.4) is 0 Å². The van der Waals surface area contributed by atoms with Gasteiger partial charge in [-0.05, 0) is 130 Å². The third-order valence-corrected chi connectivity index (χ3v) is 13.5. The quantitative estimate of drug-likeness (QED) is 0.0929. The molecule has 2 atom stereocenters. The number of carbonyl (C=O) groups is 6. The van der Waals surface area contributed by atoms with Gasteiger partial charge in [0.1, 0.15) is 33.6 Å². The minimum Gasteiger partial charge on any atom is -0.459 e. The highest BCUT2D eigenvalue weighted by Crippen LogP contribution is 2.18. The van der Waals surface area contributed by atoms with Crippen LogP contribution < -0.4 is 5.32 Å². The smallest absolute Gasteiger partial charge is 0.320 e. The monoisotopic (exact) mass is 1270 g/mol. The van der Waals surface area contributed by atoms with Crippen molar-refractivity contribution in [2.45, 2.75) is 191 Å². The largest absolute Gasteiger partial charge is 0.459 e. The Labute approximate surface area is 537 Å². The zero-order chi connectivity index (χ0) is 67.8. The molecule has 24 heteroatoms. The fourth-order valence-electron chi connectivity index (χ4n) is 10.3. The molecule has 3 N–H and O–H groups in total. The maximum Gasteiger partial charge on any atom is 0.320 e. The molecule has 0 aromatic rings. The van der Waals surface area contributed by atoms with Crippen molar-refractivity contribution in [3.8, 4) is 0 Å². The summed E-state index contributed by atoms with van der Waals surface area (Å²) in [5, 5.41) is 27.8. The molecule has 0 amide bonds. The van der Waals surface area contributed by atoms with Crippen LogP contribution in [0.4, 0.5) is 0 Å². The molecule has 24 nitrogen and oxygen atoms in total. The number of β-amino-alcohol motifs (C(OH)–C–C–N with tert-alkyl or cyclic N) is 2. The number of esters is 6. The molecule has 89 heavy (non-hydrogen) atoms. The normalized spacial score (nSPS) is 18.8. The van der Waals surface area contributed by atoms with Crippen LogP contribution in [0.2, 0.25) is 0 Å². The standard InChI is InChI=1S/C65H126N10O14/c1-59(2,3)50-75(43-52(77)41-69-28-26-67(44-53(78)84-60(4,5)6)24-22-66-23-25-68(27-29-69)45-54(79)85-61(7,8)9)39-38-74(49-58(83)89-65(19,20)21)42-51(76)40-70-30-32-71(46-55(80)86-62(10,11)12)34-36-73(48-57(82)88-64(16,17)18)37-35-72(33-31-70)47-56(81)87-63(13,14)15/h51-52,66,76-77H,22-50H2,1-21H3. The number of nitrogens with one attached hydrogen (secondary N) is 1. The number of aliphatic hydroxyl groups is 2. The number of carbonyl (C=O) groups excluding carboxylic acids is 6. The van der Waals surface area contributed by atoms with Crippen LogP contribution in [0.15, 0.2) is 0 Å². The lowest BCUT2D eigenvalue weighted by atomic mass is 9.96. The highest BCUT2D eigenvalue weighted by Gasteiger charge is 2.31. The lowest BCUT2D eigenvalue weighted by molar-refractivity contribution is -0.158. The van der Waals surface area contributed by atoms with Gasteiger partial charge in [-0.1, -0.05) is 20.8 Å². The van der Waals surface area contributed by atoms with E-state index < -0.39 is 51.8 Å². The molecule has 0 saturated carbocycles. The molecule has 0 aromatic heterocycles. The number of hydrogen-bond donors (Lipinski definition) is 3. The van der Waals surface area contributed by atoms with Gasteiger partial charge < -0.3 is 44.0 Å². The minimum atomic E-state index is -0.968. The Balaban J connectivity index is 2.51. The summed E-state index contributed by atoms with van der Waals surface area (Å²) in [6, 6.07) is 0. The number of rotatable bonds is 24. The molecule has 0 radical (unpaired) electrons.